The summed E-state index contributed by atoms with van der Waals surface area (Å²) in [5, 5.41) is 60.5. The third-order valence-corrected chi connectivity index (χ3v) is 11.3. The van der Waals surface area contributed by atoms with E-state index in [0.717, 1.165) is 64.2 Å². The number of ether oxygens (including phenoxy) is 2. The van der Waals surface area contributed by atoms with E-state index in [4.69, 9.17) is 18.5 Å². The summed E-state index contributed by atoms with van der Waals surface area (Å²) in [6.07, 6.45) is 32.3. The molecule has 64 heavy (non-hydrogen) atoms. The lowest BCUT2D eigenvalue weighted by atomic mass is 9.85. The van der Waals surface area contributed by atoms with E-state index in [2.05, 4.69) is 74.6 Å². The number of esters is 2. The van der Waals surface area contributed by atoms with Crippen molar-refractivity contribution in [2.75, 3.05) is 13.2 Å². The molecule has 0 radical (unpaired) electrons. The molecule has 0 spiro atoms. The van der Waals surface area contributed by atoms with Crippen molar-refractivity contribution in [1.82, 2.24) is 0 Å². The van der Waals surface area contributed by atoms with Crippen molar-refractivity contribution in [2.45, 2.75) is 198 Å². The zero-order valence-electron chi connectivity index (χ0n) is 38.4. The molecule has 14 nitrogen and oxygen atoms in total. The fraction of sp³-hybridized carbons (Fsp3) is 0.673. The molecule has 0 aromatic heterocycles. The van der Waals surface area contributed by atoms with Gasteiger partial charge >= 0.3 is 19.8 Å². The van der Waals surface area contributed by atoms with E-state index < -0.39 is 81.8 Å². The summed E-state index contributed by atoms with van der Waals surface area (Å²) in [7, 11) is -5.18. The van der Waals surface area contributed by atoms with Gasteiger partial charge in [-0.15, -0.1) is 0 Å². The van der Waals surface area contributed by atoms with E-state index in [1.54, 1.807) is 12.2 Å². The van der Waals surface area contributed by atoms with Gasteiger partial charge in [-0.1, -0.05) is 144 Å². The summed E-state index contributed by atoms with van der Waals surface area (Å²) in [6, 6.07) is 0. The quantitative estimate of drug-likeness (QED) is 0.0102. The summed E-state index contributed by atoms with van der Waals surface area (Å²) in [5.41, 5.74) is 0. The third kappa shape index (κ3) is 30.2. The van der Waals surface area contributed by atoms with Gasteiger partial charge in [-0.2, -0.15) is 0 Å². The van der Waals surface area contributed by atoms with Crippen molar-refractivity contribution < 1.29 is 68.2 Å². The number of aliphatic hydroxyl groups is 6. The standard InChI is InChI=1S/C49H81O14P/c1-3-5-7-9-11-13-15-17-18-19-20-22-24-26-28-30-32-36-43(52)62-41(39-61-64(58,59)63-49-47(56)45(54)44(53)46(55)48(49)57)38-60-42(51)37-33-35-40(50)34-31-29-27-25-23-21-16-14-12-10-8-6-4-2/h5,7,11,13,17-18,20-23,27,29,31,34,40-41,44-50,53-57H,3-4,6,8-10,12,14-16,19,24-26,28,30,32-33,35-39H2,1-2H3,(H,58,59)/b7-5-,13-11-,18-17-,22-20-,23-21+,29-27+,34-31+/t40?,41-,44?,45-,46+,47-,48-,49?/m1/s1. The first-order chi connectivity index (χ1) is 30.8. The Morgan fingerprint density at radius 1 is 0.578 bits per heavy atom. The fourth-order valence-electron chi connectivity index (χ4n) is 6.52. The molecule has 7 N–H and O–H groups in total. The molecule has 0 bridgehead atoms. The van der Waals surface area contributed by atoms with Gasteiger partial charge < -0.3 is 45.0 Å². The molecular weight excluding hydrogens is 843 g/mol. The van der Waals surface area contributed by atoms with Crippen molar-refractivity contribution in [3.63, 3.8) is 0 Å². The Kier molecular flexibility index (Phi) is 35.2. The summed E-state index contributed by atoms with van der Waals surface area (Å²) < 4.78 is 33.4. The van der Waals surface area contributed by atoms with Crippen molar-refractivity contribution in [3.05, 3.63) is 85.1 Å². The van der Waals surface area contributed by atoms with E-state index in [-0.39, 0.29) is 25.7 Å². The van der Waals surface area contributed by atoms with Crippen molar-refractivity contribution in [1.29, 1.82) is 0 Å². The SMILES string of the molecule is CC/C=C\C/C=C\C/C=C\C/C=C\CCCCCCC(=O)O[C@H](COC(=O)CCCC(O)/C=C/C=C/C/C=C/CCCCCCCC)COP(=O)(O)OC1[C@H](O)[C@H](O)C(O)[C@H](O)[C@H]1O. The lowest BCUT2D eigenvalue weighted by Gasteiger charge is -2.41. The second-order valence-corrected chi connectivity index (χ2v) is 17.5. The molecule has 1 aliphatic carbocycles. The van der Waals surface area contributed by atoms with Gasteiger partial charge in [0.05, 0.1) is 12.7 Å². The molecule has 1 saturated carbocycles. The number of carbonyl (C=O) groups is 2. The Bertz CT molecular complexity index is 1460. The lowest BCUT2D eigenvalue weighted by molar-refractivity contribution is -0.220. The van der Waals surface area contributed by atoms with Crippen LogP contribution in [0.1, 0.15) is 149 Å². The Hall–Kier alpha value is -3.01. The predicted molar refractivity (Wildman–Crippen MR) is 250 cm³/mol. The number of hydrogen-bond acceptors (Lipinski definition) is 13. The Labute approximate surface area is 382 Å². The molecular formula is C49H81O14P. The molecule has 15 heteroatoms. The Morgan fingerprint density at radius 2 is 1.08 bits per heavy atom. The number of aliphatic hydroxyl groups excluding tert-OH is 6. The highest BCUT2D eigenvalue weighted by Crippen LogP contribution is 2.47. The first-order valence-corrected chi connectivity index (χ1v) is 25.0. The second-order valence-electron chi connectivity index (χ2n) is 16.1. The van der Waals surface area contributed by atoms with E-state index >= 15 is 0 Å². The number of phosphoric ester groups is 1. The average Bonchev–Trinajstić information content (AvgIpc) is 3.27. The van der Waals surface area contributed by atoms with E-state index in [9.17, 15) is 49.7 Å². The topological polar surface area (TPSA) is 230 Å². The summed E-state index contributed by atoms with van der Waals surface area (Å²) in [5.74, 6) is -1.33. The molecule has 0 aliphatic heterocycles. The lowest BCUT2D eigenvalue weighted by Crippen LogP contribution is -2.64. The van der Waals surface area contributed by atoms with Crippen LogP contribution < -0.4 is 0 Å². The molecule has 0 heterocycles. The molecule has 0 saturated heterocycles. The maximum atomic E-state index is 12.8. The monoisotopic (exact) mass is 925 g/mol. The smallest absolute Gasteiger partial charge is 0.462 e. The van der Waals surface area contributed by atoms with E-state index in [0.29, 0.717) is 6.42 Å². The highest BCUT2D eigenvalue weighted by atomic mass is 31.2. The van der Waals surface area contributed by atoms with Crippen LogP contribution >= 0.6 is 7.82 Å². The van der Waals surface area contributed by atoms with Gasteiger partial charge in [0, 0.05) is 12.8 Å². The van der Waals surface area contributed by atoms with Crippen LogP contribution in [0, 0.1) is 0 Å². The molecule has 1 fully saturated rings. The molecule has 0 aromatic carbocycles. The number of hydrogen-bond donors (Lipinski definition) is 7. The largest absolute Gasteiger partial charge is 0.472 e. The van der Waals surface area contributed by atoms with E-state index in [1.165, 1.54) is 38.5 Å². The maximum absolute atomic E-state index is 12.8. The van der Waals surface area contributed by atoms with Crippen molar-refractivity contribution >= 4 is 19.8 Å². The van der Waals surface area contributed by atoms with Crippen molar-refractivity contribution in [3.8, 4) is 0 Å². The van der Waals surface area contributed by atoms with Crippen LogP contribution in [0.25, 0.3) is 0 Å². The minimum atomic E-state index is -5.18. The minimum absolute atomic E-state index is 0.0246. The number of allylic oxidation sites excluding steroid dienone is 13. The third-order valence-electron chi connectivity index (χ3n) is 10.3. The van der Waals surface area contributed by atoms with Gasteiger partial charge in [0.25, 0.3) is 0 Å². The first kappa shape index (κ1) is 59.0. The first-order valence-electron chi connectivity index (χ1n) is 23.5. The van der Waals surface area contributed by atoms with Crippen LogP contribution in [0.3, 0.4) is 0 Å². The molecule has 1 rings (SSSR count). The van der Waals surface area contributed by atoms with Gasteiger partial charge in [-0.25, -0.2) is 4.57 Å². The molecule has 9 atom stereocenters. The summed E-state index contributed by atoms with van der Waals surface area (Å²) in [6.45, 7) is 2.98. The highest BCUT2D eigenvalue weighted by molar-refractivity contribution is 7.47. The predicted octanol–water partition coefficient (Wildman–Crippen LogP) is 8.25. The molecule has 0 amide bonds. The Morgan fingerprint density at radius 3 is 1.67 bits per heavy atom. The molecule has 0 aromatic rings. The van der Waals surface area contributed by atoms with Crippen LogP contribution in [0.2, 0.25) is 0 Å². The summed E-state index contributed by atoms with van der Waals surface area (Å²) in [4.78, 5) is 35.7. The van der Waals surface area contributed by atoms with Crippen LogP contribution in [0.4, 0.5) is 0 Å². The van der Waals surface area contributed by atoms with E-state index in [1.807, 2.05) is 12.2 Å². The van der Waals surface area contributed by atoms with Crippen LogP contribution in [0.5, 0.6) is 0 Å². The fourth-order valence-corrected chi connectivity index (χ4v) is 7.49. The Balaban J connectivity index is 2.56. The number of unbranched alkanes of at least 4 members (excludes halogenated alkanes) is 10. The number of carbonyl (C=O) groups excluding carboxylic acids is 2. The van der Waals surface area contributed by atoms with Gasteiger partial charge in [0.15, 0.2) is 6.10 Å². The van der Waals surface area contributed by atoms with Crippen LogP contribution in [-0.2, 0) is 32.7 Å². The van der Waals surface area contributed by atoms with Crippen molar-refractivity contribution in [2.24, 2.45) is 0 Å². The van der Waals surface area contributed by atoms with Crippen LogP contribution in [0.15, 0.2) is 85.1 Å². The summed E-state index contributed by atoms with van der Waals surface area (Å²) >= 11 is 0. The number of phosphoric acid groups is 1. The van der Waals surface area contributed by atoms with Gasteiger partial charge in [-0.3, -0.25) is 18.6 Å². The molecule has 366 valence electrons. The normalized spacial score (nSPS) is 22.8. The zero-order valence-corrected chi connectivity index (χ0v) is 39.3. The molecule has 1 aliphatic rings. The van der Waals surface area contributed by atoms with Gasteiger partial charge in [0.1, 0.15) is 43.2 Å². The van der Waals surface area contributed by atoms with Gasteiger partial charge in [0.2, 0.25) is 0 Å². The van der Waals surface area contributed by atoms with Gasteiger partial charge in [-0.05, 0) is 77.0 Å². The minimum Gasteiger partial charge on any atom is -0.462 e. The average molecular weight is 925 g/mol. The maximum Gasteiger partial charge on any atom is 0.472 e. The second kappa shape index (κ2) is 38.1. The number of rotatable bonds is 37. The molecule has 4 unspecified atom stereocenters. The van der Waals surface area contributed by atoms with Crippen LogP contribution in [-0.4, -0.2) is 110 Å². The highest BCUT2D eigenvalue weighted by Gasteiger charge is 2.51. The zero-order chi connectivity index (χ0) is 47.3.